The Labute approximate surface area is 150 Å². The van der Waals surface area contributed by atoms with Crippen LogP contribution in [0.25, 0.3) is 0 Å². The second-order valence-corrected chi connectivity index (χ2v) is 7.36. The molecule has 0 saturated carbocycles. The van der Waals surface area contributed by atoms with Gasteiger partial charge in [0, 0.05) is 13.3 Å². The number of nitrogens with zero attached hydrogens (tertiary/aromatic N) is 2. The molecule has 0 amide bonds. The Morgan fingerprint density at radius 3 is 2.25 bits per heavy atom. The summed E-state index contributed by atoms with van der Waals surface area (Å²) in [5.74, 6) is 0. The lowest BCUT2D eigenvalue weighted by atomic mass is 10.1. The van der Waals surface area contributed by atoms with Crippen LogP contribution in [0.15, 0.2) is 17.1 Å². The van der Waals surface area contributed by atoms with Gasteiger partial charge >= 0.3 is 0 Å². The van der Waals surface area contributed by atoms with Gasteiger partial charge in [-0.3, -0.25) is 4.48 Å². The van der Waals surface area contributed by atoms with Crippen molar-refractivity contribution in [3.8, 4) is 0 Å². The van der Waals surface area contributed by atoms with Gasteiger partial charge in [0.1, 0.15) is 6.54 Å². The topological polar surface area (TPSA) is 32.6 Å². The molecule has 1 heterocycles. The number of aliphatic imine (C=N–C) groups is 1. The number of aliphatic hydroxyl groups excluding tert-OH is 1. The Hall–Kier alpha value is -0.670. The Morgan fingerprint density at radius 1 is 1.04 bits per heavy atom. The van der Waals surface area contributed by atoms with Crippen molar-refractivity contribution in [1.29, 1.82) is 0 Å². The fourth-order valence-corrected chi connectivity index (χ4v) is 3.78. The Balaban J connectivity index is 2.04. The summed E-state index contributed by atoms with van der Waals surface area (Å²) < 4.78 is 0.737. The van der Waals surface area contributed by atoms with Crippen LogP contribution in [0.4, 0.5) is 0 Å². The van der Waals surface area contributed by atoms with Gasteiger partial charge in [-0.25, -0.2) is 4.99 Å². The van der Waals surface area contributed by atoms with Crippen molar-refractivity contribution >= 4 is 6.21 Å². The van der Waals surface area contributed by atoms with E-state index in [0.717, 1.165) is 24.0 Å². The van der Waals surface area contributed by atoms with E-state index in [1.54, 1.807) is 0 Å². The molecule has 0 aromatic carbocycles. The van der Waals surface area contributed by atoms with Crippen molar-refractivity contribution in [3.63, 3.8) is 0 Å². The molecule has 1 aliphatic rings. The third-order valence-electron chi connectivity index (χ3n) is 5.60. The third kappa shape index (κ3) is 7.06. The number of aliphatic hydroxyl groups is 1. The van der Waals surface area contributed by atoms with Crippen molar-refractivity contribution in [2.24, 2.45) is 4.99 Å². The van der Waals surface area contributed by atoms with Gasteiger partial charge in [0.15, 0.2) is 12.4 Å². The van der Waals surface area contributed by atoms with E-state index in [-0.39, 0.29) is 12.4 Å². The minimum atomic E-state index is -0.315. The molecule has 3 atom stereocenters. The molecule has 0 fully saturated rings. The number of allylic oxidation sites excluding steroid dienone is 2. The lowest BCUT2D eigenvalue weighted by Gasteiger charge is -2.40. The van der Waals surface area contributed by atoms with E-state index < -0.39 is 0 Å². The van der Waals surface area contributed by atoms with Crippen LogP contribution in [-0.4, -0.2) is 41.3 Å². The van der Waals surface area contributed by atoms with Gasteiger partial charge in [-0.15, -0.1) is 0 Å². The Kier molecular flexibility index (Phi) is 11.3. The summed E-state index contributed by atoms with van der Waals surface area (Å²) in [7, 11) is 0. The van der Waals surface area contributed by atoms with Gasteiger partial charge in [-0.1, -0.05) is 51.2 Å². The zero-order valence-electron chi connectivity index (χ0n) is 16.4. The molecular weight excluding hydrogens is 296 g/mol. The summed E-state index contributed by atoms with van der Waals surface area (Å²) >= 11 is 0. The van der Waals surface area contributed by atoms with Crippen LogP contribution < -0.4 is 0 Å². The van der Waals surface area contributed by atoms with E-state index in [4.69, 9.17) is 0 Å². The fourth-order valence-electron chi connectivity index (χ4n) is 3.78. The first-order chi connectivity index (χ1) is 11.7. The standard InChI is InChI=1S/C21H41N2O/c1-4-6-7-8-9-10-11-12-13-14-15-16-17-21-22-18-19-23(21,5-2)20(3)24/h10-11,18,20-21,24H,4-9,12-17,19H2,1-3H3/q+1/b11-10+. The number of hydrogen-bond donors (Lipinski definition) is 1. The second-order valence-electron chi connectivity index (χ2n) is 7.36. The van der Waals surface area contributed by atoms with Crippen molar-refractivity contribution in [3.05, 3.63) is 12.2 Å². The summed E-state index contributed by atoms with van der Waals surface area (Å²) in [5, 5.41) is 10.1. The molecule has 3 unspecified atom stereocenters. The summed E-state index contributed by atoms with van der Waals surface area (Å²) in [4.78, 5) is 4.65. The van der Waals surface area contributed by atoms with Crippen molar-refractivity contribution in [2.45, 2.75) is 104 Å². The van der Waals surface area contributed by atoms with E-state index in [1.807, 2.05) is 13.1 Å². The van der Waals surface area contributed by atoms with Crippen molar-refractivity contribution in [1.82, 2.24) is 0 Å². The molecule has 0 aliphatic carbocycles. The number of unbranched alkanes of at least 4 members (excludes halogenated alkanes) is 8. The maximum absolute atomic E-state index is 10.1. The molecular formula is C21H41N2O+. The van der Waals surface area contributed by atoms with Gasteiger partial charge in [0.2, 0.25) is 0 Å². The molecule has 0 radical (unpaired) electrons. The first kappa shape index (κ1) is 21.4. The Bertz CT molecular complexity index is 365. The highest BCUT2D eigenvalue weighted by atomic mass is 16.3. The normalized spacial score (nSPS) is 24.9. The van der Waals surface area contributed by atoms with E-state index in [9.17, 15) is 5.11 Å². The molecule has 3 heteroatoms. The monoisotopic (exact) mass is 337 g/mol. The highest BCUT2D eigenvalue weighted by molar-refractivity contribution is 5.60. The van der Waals surface area contributed by atoms with Crippen LogP contribution >= 0.6 is 0 Å². The second kappa shape index (κ2) is 12.7. The molecule has 3 nitrogen and oxygen atoms in total. The summed E-state index contributed by atoms with van der Waals surface area (Å²) in [5.41, 5.74) is 0. The third-order valence-corrected chi connectivity index (χ3v) is 5.60. The number of rotatable bonds is 14. The largest absolute Gasteiger partial charge is 0.345 e. The van der Waals surface area contributed by atoms with E-state index in [1.165, 1.54) is 64.2 Å². The molecule has 140 valence electrons. The quantitative estimate of drug-likeness (QED) is 0.255. The predicted molar refractivity (Wildman–Crippen MR) is 105 cm³/mol. The molecule has 0 spiro atoms. The zero-order chi connectivity index (χ0) is 17.7. The van der Waals surface area contributed by atoms with Crippen LogP contribution in [0, 0.1) is 0 Å². The van der Waals surface area contributed by atoms with Gasteiger partial charge in [-0.2, -0.15) is 0 Å². The predicted octanol–water partition coefficient (Wildman–Crippen LogP) is 5.44. The SMILES string of the molecule is CCCCCC/C=C/CCCCCCC1N=CC[N+]1(CC)C(C)O. The molecule has 0 aromatic heterocycles. The molecule has 1 N–H and O–H groups in total. The summed E-state index contributed by atoms with van der Waals surface area (Å²) in [6, 6.07) is 0. The summed E-state index contributed by atoms with van der Waals surface area (Å²) in [6.45, 7) is 8.20. The van der Waals surface area contributed by atoms with Crippen LogP contribution in [0.3, 0.4) is 0 Å². The average Bonchev–Trinajstić information content (AvgIpc) is 3.00. The average molecular weight is 338 g/mol. The van der Waals surface area contributed by atoms with E-state index in [2.05, 4.69) is 31.0 Å². The van der Waals surface area contributed by atoms with Crippen molar-refractivity contribution in [2.75, 3.05) is 13.1 Å². The van der Waals surface area contributed by atoms with Crippen LogP contribution in [0.1, 0.15) is 91.4 Å². The van der Waals surface area contributed by atoms with Gasteiger partial charge < -0.3 is 5.11 Å². The fraction of sp³-hybridized carbons (Fsp3) is 0.857. The number of hydrogen-bond acceptors (Lipinski definition) is 2. The molecule has 1 rings (SSSR count). The molecule has 0 saturated heterocycles. The highest BCUT2D eigenvalue weighted by Crippen LogP contribution is 2.26. The highest BCUT2D eigenvalue weighted by Gasteiger charge is 2.41. The minimum Gasteiger partial charge on any atom is -0.345 e. The first-order valence-corrected chi connectivity index (χ1v) is 10.4. The van der Waals surface area contributed by atoms with Gasteiger partial charge in [0.25, 0.3) is 0 Å². The van der Waals surface area contributed by atoms with E-state index in [0.29, 0.717) is 0 Å². The van der Waals surface area contributed by atoms with Crippen LogP contribution in [-0.2, 0) is 0 Å². The van der Waals surface area contributed by atoms with Crippen LogP contribution in [0.2, 0.25) is 0 Å². The molecule has 24 heavy (non-hydrogen) atoms. The van der Waals surface area contributed by atoms with E-state index >= 15 is 0 Å². The lowest BCUT2D eigenvalue weighted by Crippen LogP contribution is -2.57. The van der Waals surface area contributed by atoms with Crippen molar-refractivity contribution < 1.29 is 9.59 Å². The minimum absolute atomic E-state index is 0.276. The molecule has 1 aliphatic heterocycles. The van der Waals surface area contributed by atoms with Gasteiger partial charge in [-0.05, 0) is 39.0 Å². The maximum atomic E-state index is 10.1. The Morgan fingerprint density at radius 2 is 1.67 bits per heavy atom. The summed E-state index contributed by atoms with van der Waals surface area (Å²) in [6.07, 6.45) is 20.9. The number of quaternary nitrogens is 1. The molecule has 0 bridgehead atoms. The lowest BCUT2D eigenvalue weighted by molar-refractivity contribution is -0.976. The first-order valence-electron chi connectivity index (χ1n) is 10.4. The zero-order valence-corrected chi connectivity index (χ0v) is 16.4. The smallest absolute Gasteiger partial charge is 0.189 e. The molecule has 0 aromatic rings. The van der Waals surface area contributed by atoms with Crippen LogP contribution in [0.5, 0.6) is 0 Å². The maximum Gasteiger partial charge on any atom is 0.189 e. The van der Waals surface area contributed by atoms with Gasteiger partial charge in [0.05, 0.1) is 12.8 Å².